The third-order valence-electron chi connectivity index (χ3n) is 4.07. The molecule has 27 heavy (non-hydrogen) atoms. The molecule has 0 aliphatic heterocycles. The third-order valence-corrected chi connectivity index (χ3v) is 5.21. The van der Waals surface area contributed by atoms with E-state index < -0.39 is 11.7 Å². The number of amides is 1. The van der Waals surface area contributed by atoms with Gasteiger partial charge in [-0.3, -0.25) is 4.79 Å². The molecule has 140 valence electrons. The van der Waals surface area contributed by atoms with Crippen molar-refractivity contribution >= 4 is 17.2 Å². The van der Waals surface area contributed by atoms with Gasteiger partial charge in [-0.1, -0.05) is 42.5 Å². The summed E-state index contributed by atoms with van der Waals surface area (Å²) in [6.45, 7) is 0.546. The number of hydrogen-bond donors (Lipinski definition) is 1. The second-order valence-electron chi connectivity index (χ2n) is 6.09. The van der Waals surface area contributed by atoms with E-state index in [1.165, 1.54) is 23.0 Å². The minimum atomic E-state index is -4.38. The van der Waals surface area contributed by atoms with Crippen LogP contribution >= 0.6 is 11.3 Å². The van der Waals surface area contributed by atoms with Crippen LogP contribution in [0.25, 0.3) is 10.4 Å². The summed E-state index contributed by atoms with van der Waals surface area (Å²) < 4.78 is 38.6. The minimum absolute atomic E-state index is 0.203. The maximum atomic E-state index is 12.9. The van der Waals surface area contributed by atoms with E-state index in [2.05, 4.69) is 5.32 Å². The van der Waals surface area contributed by atoms with Gasteiger partial charge in [-0.2, -0.15) is 13.2 Å². The van der Waals surface area contributed by atoms with E-state index in [0.717, 1.165) is 25.0 Å². The fourth-order valence-corrected chi connectivity index (χ4v) is 3.61. The molecule has 0 spiro atoms. The Labute approximate surface area is 159 Å². The lowest BCUT2D eigenvalue weighted by Crippen LogP contribution is -2.23. The second kappa shape index (κ2) is 8.39. The number of nitrogens with one attached hydrogen (secondary N) is 1. The Morgan fingerprint density at radius 3 is 2.48 bits per heavy atom. The Hall–Kier alpha value is -2.60. The first-order valence-electron chi connectivity index (χ1n) is 8.53. The lowest BCUT2D eigenvalue weighted by Gasteiger charge is -2.07. The molecular formula is C21H18F3NOS. The number of thiophene rings is 1. The summed E-state index contributed by atoms with van der Waals surface area (Å²) in [6, 6.07) is 18.5. The van der Waals surface area contributed by atoms with E-state index in [9.17, 15) is 18.0 Å². The van der Waals surface area contributed by atoms with Gasteiger partial charge in [0, 0.05) is 11.4 Å². The van der Waals surface area contributed by atoms with Crippen LogP contribution in [0.2, 0.25) is 0 Å². The average molecular weight is 389 g/mol. The number of carbonyl (C=O) groups is 1. The molecule has 0 fully saturated rings. The lowest BCUT2D eigenvalue weighted by molar-refractivity contribution is -0.137. The fourth-order valence-electron chi connectivity index (χ4n) is 2.69. The SMILES string of the molecule is O=C(NCCCc1ccccc1)c1ccc(-c2cccc(C(F)(F)F)c2)s1. The molecular weight excluding hydrogens is 371 g/mol. The molecule has 1 amide bonds. The van der Waals surface area contributed by atoms with Crippen molar-refractivity contribution in [2.75, 3.05) is 6.54 Å². The number of halogens is 3. The van der Waals surface area contributed by atoms with E-state index in [0.29, 0.717) is 21.9 Å². The van der Waals surface area contributed by atoms with Gasteiger partial charge < -0.3 is 5.32 Å². The quantitative estimate of drug-likeness (QED) is 0.531. The highest BCUT2D eigenvalue weighted by Crippen LogP contribution is 2.34. The molecule has 0 saturated carbocycles. The van der Waals surface area contributed by atoms with Crippen LogP contribution < -0.4 is 5.32 Å². The summed E-state index contributed by atoms with van der Waals surface area (Å²) in [5.74, 6) is -0.203. The summed E-state index contributed by atoms with van der Waals surface area (Å²) in [4.78, 5) is 13.4. The second-order valence-corrected chi connectivity index (χ2v) is 7.17. The molecule has 1 N–H and O–H groups in total. The van der Waals surface area contributed by atoms with Crippen LogP contribution in [0.3, 0.4) is 0 Å². The van der Waals surface area contributed by atoms with Crippen LogP contribution in [0.15, 0.2) is 66.7 Å². The van der Waals surface area contributed by atoms with Gasteiger partial charge in [0.15, 0.2) is 0 Å². The van der Waals surface area contributed by atoms with Gasteiger partial charge in [-0.15, -0.1) is 11.3 Å². The minimum Gasteiger partial charge on any atom is -0.351 e. The van der Waals surface area contributed by atoms with Crippen molar-refractivity contribution in [2.24, 2.45) is 0 Å². The van der Waals surface area contributed by atoms with Gasteiger partial charge in [0.2, 0.25) is 0 Å². The topological polar surface area (TPSA) is 29.1 Å². The zero-order valence-electron chi connectivity index (χ0n) is 14.4. The summed E-state index contributed by atoms with van der Waals surface area (Å²) in [5.41, 5.74) is 0.980. The molecule has 3 aromatic rings. The predicted octanol–water partition coefficient (Wildman–Crippen LogP) is 5.80. The Balaban J connectivity index is 1.58. The monoisotopic (exact) mass is 389 g/mol. The number of carbonyl (C=O) groups excluding carboxylic acids is 1. The van der Waals surface area contributed by atoms with Gasteiger partial charge in [0.1, 0.15) is 0 Å². The molecule has 0 aliphatic rings. The highest BCUT2D eigenvalue weighted by molar-refractivity contribution is 7.17. The van der Waals surface area contributed by atoms with Crippen molar-refractivity contribution in [3.63, 3.8) is 0 Å². The Kier molecular flexibility index (Phi) is 5.96. The fraction of sp³-hybridized carbons (Fsp3) is 0.190. The molecule has 1 aromatic heterocycles. The molecule has 0 atom stereocenters. The molecule has 2 aromatic carbocycles. The maximum Gasteiger partial charge on any atom is 0.416 e. The van der Waals surface area contributed by atoms with Crippen molar-refractivity contribution in [1.29, 1.82) is 0 Å². The molecule has 0 radical (unpaired) electrons. The van der Waals surface area contributed by atoms with Crippen LogP contribution in [0.5, 0.6) is 0 Å². The Morgan fingerprint density at radius 1 is 0.963 bits per heavy atom. The zero-order chi connectivity index (χ0) is 19.3. The average Bonchev–Trinajstić information content (AvgIpc) is 3.16. The summed E-state index contributed by atoms with van der Waals surface area (Å²) in [7, 11) is 0. The first kappa shape index (κ1) is 19.2. The zero-order valence-corrected chi connectivity index (χ0v) is 15.2. The van der Waals surface area contributed by atoms with E-state index in [4.69, 9.17) is 0 Å². The summed E-state index contributed by atoms with van der Waals surface area (Å²) in [6.07, 6.45) is -2.69. The molecule has 2 nitrogen and oxygen atoms in total. The maximum absolute atomic E-state index is 12.9. The van der Waals surface area contributed by atoms with Crippen molar-refractivity contribution in [2.45, 2.75) is 19.0 Å². The number of alkyl halides is 3. The van der Waals surface area contributed by atoms with Crippen LogP contribution in [0.4, 0.5) is 13.2 Å². The van der Waals surface area contributed by atoms with E-state index in [1.807, 2.05) is 30.3 Å². The predicted molar refractivity (Wildman–Crippen MR) is 102 cm³/mol. The molecule has 0 saturated heterocycles. The number of aryl methyl sites for hydroxylation is 1. The molecule has 0 aliphatic carbocycles. The number of benzene rings is 2. The standard InChI is InChI=1S/C21H18F3NOS/c22-21(23,24)17-10-4-9-16(14-17)18-11-12-19(27-18)20(26)25-13-5-8-15-6-2-1-3-7-15/h1-4,6-7,9-12,14H,5,8,13H2,(H,25,26). The van der Waals surface area contributed by atoms with Gasteiger partial charge in [-0.25, -0.2) is 0 Å². The highest BCUT2D eigenvalue weighted by atomic mass is 32.1. The molecule has 0 bridgehead atoms. The lowest BCUT2D eigenvalue weighted by atomic mass is 10.1. The van der Waals surface area contributed by atoms with Crippen LogP contribution in [-0.2, 0) is 12.6 Å². The number of hydrogen-bond acceptors (Lipinski definition) is 2. The van der Waals surface area contributed by atoms with Gasteiger partial charge in [0.25, 0.3) is 5.91 Å². The Morgan fingerprint density at radius 2 is 1.74 bits per heavy atom. The van der Waals surface area contributed by atoms with E-state index in [-0.39, 0.29) is 5.91 Å². The van der Waals surface area contributed by atoms with Gasteiger partial charge in [0.05, 0.1) is 10.4 Å². The molecule has 1 heterocycles. The smallest absolute Gasteiger partial charge is 0.351 e. The Bertz CT molecular complexity index is 903. The van der Waals surface area contributed by atoms with Crippen LogP contribution in [0.1, 0.15) is 27.2 Å². The molecule has 3 rings (SSSR count). The van der Waals surface area contributed by atoms with Crippen molar-refractivity contribution in [3.8, 4) is 10.4 Å². The first-order valence-corrected chi connectivity index (χ1v) is 9.35. The van der Waals surface area contributed by atoms with E-state index >= 15 is 0 Å². The van der Waals surface area contributed by atoms with Crippen molar-refractivity contribution < 1.29 is 18.0 Å². The highest BCUT2D eigenvalue weighted by Gasteiger charge is 2.30. The van der Waals surface area contributed by atoms with Crippen LogP contribution in [0, 0.1) is 0 Å². The first-order chi connectivity index (χ1) is 12.9. The number of rotatable bonds is 6. The van der Waals surface area contributed by atoms with Crippen molar-refractivity contribution in [1.82, 2.24) is 5.32 Å². The summed E-state index contributed by atoms with van der Waals surface area (Å²) >= 11 is 1.19. The normalized spacial score (nSPS) is 11.4. The van der Waals surface area contributed by atoms with Gasteiger partial charge >= 0.3 is 6.18 Å². The molecule has 6 heteroatoms. The van der Waals surface area contributed by atoms with Gasteiger partial charge in [-0.05, 0) is 48.2 Å². The third kappa shape index (κ3) is 5.20. The van der Waals surface area contributed by atoms with Crippen molar-refractivity contribution in [3.05, 3.63) is 82.7 Å². The van der Waals surface area contributed by atoms with Crippen LogP contribution in [-0.4, -0.2) is 12.5 Å². The summed E-state index contributed by atoms with van der Waals surface area (Å²) in [5, 5.41) is 2.86. The largest absolute Gasteiger partial charge is 0.416 e. The van der Waals surface area contributed by atoms with E-state index in [1.54, 1.807) is 18.2 Å². The molecule has 0 unspecified atom stereocenters.